The first kappa shape index (κ1) is 9.98. The average molecular weight is 187 g/mol. The third-order valence-corrected chi connectivity index (χ3v) is 2.02. The molecule has 0 aromatic heterocycles. The second kappa shape index (κ2) is 4.23. The van der Waals surface area contributed by atoms with E-state index in [1.165, 1.54) is 14.2 Å². The Morgan fingerprint density at radius 2 is 2.08 bits per heavy atom. The van der Waals surface area contributed by atoms with Gasteiger partial charge in [0.15, 0.2) is 0 Å². The van der Waals surface area contributed by atoms with Crippen LogP contribution in [0.4, 0.5) is 0 Å². The van der Waals surface area contributed by atoms with E-state index in [0.29, 0.717) is 19.5 Å². The molecule has 0 N–H and O–H groups in total. The van der Waals surface area contributed by atoms with Crippen LogP contribution in [0.25, 0.3) is 0 Å². The number of ether oxygens (including phenoxy) is 2. The van der Waals surface area contributed by atoms with Gasteiger partial charge in [-0.2, -0.15) is 0 Å². The van der Waals surface area contributed by atoms with Gasteiger partial charge in [0.05, 0.1) is 20.6 Å². The van der Waals surface area contributed by atoms with E-state index in [0.717, 1.165) is 0 Å². The Hall–Kier alpha value is -1.10. The summed E-state index contributed by atoms with van der Waals surface area (Å²) in [5, 5.41) is 0. The molecule has 74 valence electrons. The van der Waals surface area contributed by atoms with Crippen LogP contribution in [-0.4, -0.2) is 50.2 Å². The molecule has 0 aliphatic carbocycles. The fraction of sp³-hybridized carbons (Fsp3) is 0.750. The van der Waals surface area contributed by atoms with E-state index in [2.05, 4.69) is 9.47 Å². The molecule has 1 aliphatic heterocycles. The summed E-state index contributed by atoms with van der Waals surface area (Å²) in [5.41, 5.74) is 0. The van der Waals surface area contributed by atoms with Crippen molar-refractivity contribution >= 4 is 11.9 Å². The normalized spacial score (nSPS) is 25.1. The van der Waals surface area contributed by atoms with Crippen LogP contribution in [-0.2, 0) is 19.1 Å². The molecular weight excluding hydrogens is 174 g/mol. The highest BCUT2D eigenvalue weighted by Crippen LogP contribution is 2.18. The molecule has 1 fully saturated rings. The van der Waals surface area contributed by atoms with Gasteiger partial charge in [0.25, 0.3) is 0 Å². The van der Waals surface area contributed by atoms with Crippen molar-refractivity contribution in [3.63, 3.8) is 0 Å². The van der Waals surface area contributed by atoms with Crippen LogP contribution in [0.15, 0.2) is 0 Å². The standard InChI is InChI=1S/C8H13NO4/c1-12-7(10)3-4-9-5-6(9)8(11)13-2/h6H,3-5H2,1-2H3. The second-order valence-electron chi connectivity index (χ2n) is 2.86. The molecule has 0 spiro atoms. The molecule has 5 heteroatoms. The average Bonchev–Trinajstić information content (AvgIpc) is 2.92. The van der Waals surface area contributed by atoms with Crippen LogP contribution in [0.5, 0.6) is 0 Å². The Kier molecular flexibility index (Phi) is 3.25. The van der Waals surface area contributed by atoms with E-state index in [1.54, 1.807) is 0 Å². The molecule has 0 aromatic carbocycles. The first-order valence-corrected chi connectivity index (χ1v) is 4.07. The van der Waals surface area contributed by atoms with Gasteiger partial charge in [-0.15, -0.1) is 0 Å². The lowest BCUT2D eigenvalue weighted by Gasteiger charge is -2.01. The molecule has 5 nitrogen and oxygen atoms in total. The molecule has 0 saturated carbocycles. The minimum Gasteiger partial charge on any atom is -0.469 e. The predicted octanol–water partition coefficient (Wildman–Crippen LogP) is -0.593. The monoisotopic (exact) mass is 187 g/mol. The maximum absolute atomic E-state index is 10.9. The molecule has 1 aliphatic rings. The number of carbonyl (C=O) groups is 2. The maximum Gasteiger partial charge on any atom is 0.324 e. The molecule has 1 heterocycles. The summed E-state index contributed by atoms with van der Waals surface area (Å²) >= 11 is 0. The lowest BCUT2D eigenvalue weighted by atomic mass is 10.4. The second-order valence-corrected chi connectivity index (χ2v) is 2.86. The van der Waals surface area contributed by atoms with E-state index in [1.807, 2.05) is 4.90 Å². The van der Waals surface area contributed by atoms with Gasteiger partial charge >= 0.3 is 11.9 Å². The van der Waals surface area contributed by atoms with Crippen LogP contribution < -0.4 is 0 Å². The fourth-order valence-corrected chi connectivity index (χ4v) is 1.12. The van der Waals surface area contributed by atoms with Gasteiger partial charge in [-0.1, -0.05) is 0 Å². The third kappa shape index (κ3) is 2.69. The van der Waals surface area contributed by atoms with Gasteiger partial charge in [-0.05, 0) is 0 Å². The van der Waals surface area contributed by atoms with E-state index < -0.39 is 0 Å². The van der Waals surface area contributed by atoms with E-state index in [4.69, 9.17) is 0 Å². The molecule has 2 atom stereocenters. The molecule has 0 amide bonds. The summed E-state index contributed by atoms with van der Waals surface area (Å²) < 4.78 is 9.01. The van der Waals surface area contributed by atoms with E-state index in [-0.39, 0.29) is 18.0 Å². The SMILES string of the molecule is COC(=O)CCN1CC1C(=O)OC. The summed E-state index contributed by atoms with van der Waals surface area (Å²) in [7, 11) is 2.71. The Labute approximate surface area is 76.6 Å². The zero-order valence-electron chi connectivity index (χ0n) is 7.78. The van der Waals surface area contributed by atoms with Gasteiger partial charge in [0.1, 0.15) is 6.04 Å². The van der Waals surface area contributed by atoms with Crippen LogP contribution in [0.2, 0.25) is 0 Å². The zero-order valence-corrected chi connectivity index (χ0v) is 7.78. The van der Waals surface area contributed by atoms with Crippen molar-refractivity contribution < 1.29 is 19.1 Å². The number of hydrogen-bond donors (Lipinski definition) is 0. The number of nitrogens with zero attached hydrogens (tertiary/aromatic N) is 1. The minimum absolute atomic E-state index is 0.144. The molecule has 0 aromatic rings. The lowest BCUT2D eigenvalue weighted by Crippen LogP contribution is -2.17. The highest BCUT2D eigenvalue weighted by Gasteiger charge is 2.40. The summed E-state index contributed by atoms with van der Waals surface area (Å²) in [5.74, 6) is -0.486. The smallest absolute Gasteiger partial charge is 0.324 e. The number of esters is 2. The van der Waals surface area contributed by atoms with Gasteiger partial charge in [-0.3, -0.25) is 14.5 Å². The molecule has 0 bridgehead atoms. The van der Waals surface area contributed by atoms with Gasteiger partial charge in [0, 0.05) is 13.1 Å². The van der Waals surface area contributed by atoms with Gasteiger partial charge in [0.2, 0.25) is 0 Å². The maximum atomic E-state index is 10.9. The number of hydrogen-bond acceptors (Lipinski definition) is 5. The van der Waals surface area contributed by atoms with Crippen LogP contribution >= 0.6 is 0 Å². The first-order valence-electron chi connectivity index (χ1n) is 4.07. The molecular formula is C8H13NO4. The van der Waals surface area contributed by atoms with Crippen molar-refractivity contribution in [2.45, 2.75) is 12.5 Å². The molecule has 13 heavy (non-hydrogen) atoms. The third-order valence-electron chi connectivity index (χ3n) is 2.02. The van der Waals surface area contributed by atoms with Crippen molar-refractivity contribution in [3.05, 3.63) is 0 Å². The summed E-state index contributed by atoms with van der Waals surface area (Å²) in [6.07, 6.45) is 0.323. The van der Waals surface area contributed by atoms with Crippen molar-refractivity contribution in [1.29, 1.82) is 0 Å². The number of carbonyl (C=O) groups excluding carboxylic acids is 2. The van der Waals surface area contributed by atoms with Crippen molar-refractivity contribution in [2.75, 3.05) is 27.3 Å². The van der Waals surface area contributed by atoms with Crippen LogP contribution in [0.1, 0.15) is 6.42 Å². The molecule has 1 saturated heterocycles. The largest absolute Gasteiger partial charge is 0.469 e. The van der Waals surface area contributed by atoms with Crippen molar-refractivity contribution in [2.24, 2.45) is 0 Å². The van der Waals surface area contributed by atoms with Crippen molar-refractivity contribution in [1.82, 2.24) is 4.90 Å². The van der Waals surface area contributed by atoms with Gasteiger partial charge in [-0.25, -0.2) is 0 Å². The summed E-state index contributed by atoms with van der Waals surface area (Å²) in [6.45, 7) is 1.25. The Morgan fingerprint density at radius 1 is 1.38 bits per heavy atom. The van der Waals surface area contributed by atoms with E-state index in [9.17, 15) is 9.59 Å². The Bertz CT molecular complexity index is 216. The molecule has 2 unspecified atom stereocenters. The van der Waals surface area contributed by atoms with E-state index >= 15 is 0 Å². The van der Waals surface area contributed by atoms with Crippen molar-refractivity contribution in [3.8, 4) is 0 Å². The number of methoxy groups -OCH3 is 2. The lowest BCUT2D eigenvalue weighted by molar-refractivity contribution is -0.142. The Balaban J connectivity index is 2.14. The van der Waals surface area contributed by atoms with Crippen LogP contribution in [0, 0.1) is 0 Å². The highest BCUT2D eigenvalue weighted by molar-refractivity contribution is 5.79. The minimum atomic E-state index is -0.254. The van der Waals surface area contributed by atoms with Crippen LogP contribution in [0.3, 0.4) is 0 Å². The topological polar surface area (TPSA) is 55.6 Å². The summed E-state index contributed by atoms with van der Waals surface area (Å²) in [4.78, 5) is 23.5. The van der Waals surface area contributed by atoms with Gasteiger partial charge < -0.3 is 9.47 Å². The molecule has 0 radical (unpaired) electrons. The molecule has 1 rings (SSSR count). The Morgan fingerprint density at radius 3 is 2.62 bits per heavy atom. The zero-order chi connectivity index (χ0) is 9.84. The fourth-order valence-electron chi connectivity index (χ4n) is 1.12. The summed E-state index contributed by atoms with van der Waals surface area (Å²) in [6, 6.07) is -0.144. The predicted molar refractivity (Wildman–Crippen MR) is 44.0 cm³/mol. The quantitative estimate of drug-likeness (QED) is 0.435. The number of rotatable bonds is 4. The first-order chi connectivity index (χ1) is 6.19. The highest BCUT2D eigenvalue weighted by atomic mass is 16.5.